The molecule has 9 heteroatoms. The van der Waals surface area contributed by atoms with Gasteiger partial charge in [-0.1, -0.05) is 19.8 Å². The van der Waals surface area contributed by atoms with E-state index in [4.69, 9.17) is 21.6 Å². The van der Waals surface area contributed by atoms with Crippen LogP contribution in [0.4, 0.5) is 17.1 Å². The maximum absolute atomic E-state index is 9.94. The summed E-state index contributed by atoms with van der Waals surface area (Å²) in [6.07, 6.45) is 15.1. The number of aromatic nitrogens is 3. The SMILES string of the molecule is CCc1cc(O)ccc1N=C(N)c1cnn2cc(-c3cnccc3N3CCC(N)CC3)cc2c1NC1CCCC1. The van der Waals surface area contributed by atoms with Crippen LogP contribution in [-0.4, -0.2) is 50.7 Å². The van der Waals surface area contributed by atoms with Crippen molar-refractivity contribution >= 4 is 28.4 Å². The van der Waals surface area contributed by atoms with Crippen LogP contribution in [0.3, 0.4) is 0 Å². The number of aryl methyl sites for hydroxylation is 1. The van der Waals surface area contributed by atoms with Gasteiger partial charge in [0.15, 0.2) is 0 Å². The lowest BCUT2D eigenvalue weighted by Crippen LogP contribution is -2.39. The first-order chi connectivity index (χ1) is 19.5. The second-order valence-corrected chi connectivity index (χ2v) is 11.0. The van der Waals surface area contributed by atoms with E-state index in [1.165, 1.54) is 18.5 Å². The summed E-state index contributed by atoms with van der Waals surface area (Å²) in [4.78, 5) is 11.7. The number of aromatic hydroxyl groups is 1. The highest BCUT2D eigenvalue weighted by Crippen LogP contribution is 2.36. The Kier molecular flexibility index (Phi) is 7.30. The van der Waals surface area contributed by atoms with Gasteiger partial charge in [0.2, 0.25) is 0 Å². The van der Waals surface area contributed by atoms with Gasteiger partial charge in [-0.05, 0) is 68.0 Å². The second-order valence-electron chi connectivity index (χ2n) is 11.0. The molecule has 1 saturated heterocycles. The minimum atomic E-state index is 0.226. The average molecular weight is 539 g/mol. The van der Waals surface area contributed by atoms with Crippen LogP contribution in [0.2, 0.25) is 0 Å². The number of nitrogens with zero attached hydrogens (tertiary/aromatic N) is 5. The molecule has 3 aromatic heterocycles. The Morgan fingerprint density at radius 2 is 1.90 bits per heavy atom. The van der Waals surface area contributed by atoms with Gasteiger partial charge in [0.25, 0.3) is 0 Å². The Morgan fingerprint density at radius 1 is 1.10 bits per heavy atom. The first-order valence-corrected chi connectivity index (χ1v) is 14.4. The van der Waals surface area contributed by atoms with E-state index in [2.05, 4.69) is 33.5 Å². The van der Waals surface area contributed by atoms with Crippen molar-refractivity contribution in [1.82, 2.24) is 14.6 Å². The van der Waals surface area contributed by atoms with Gasteiger partial charge in [0, 0.05) is 60.6 Å². The zero-order valence-corrected chi connectivity index (χ0v) is 23.1. The van der Waals surface area contributed by atoms with E-state index in [-0.39, 0.29) is 11.8 Å². The van der Waals surface area contributed by atoms with E-state index in [0.29, 0.717) is 11.9 Å². The second kappa shape index (κ2) is 11.2. The molecule has 4 aromatic rings. The van der Waals surface area contributed by atoms with Crippen LogP contribution in [0, 0.1) is 0 Å². The van der Waals surface area contributed by atoms with Gasteiger partial charge in [0.05, 0.1) is 28.7 Å². The van der Waals surface area contributed by atoms with Gasteiger partial charge in [-0.15, -0.1) is 0 Å². The minimum Gasteiger partial charge on any atom is -0.508 e. The molecule has 40 heavy (non-hydrogen) atoms. The lowest BCUT2D eigenvalue weighted by Gasteiger charge is -2.33. The standard InChI is InChI=1S/C31H38N8O/c1-2-20-15-24(40)7-8-27(20)37-31(33)26-18-35-39-19-21(16-29(39)30(26)36-23-5-3-4-6-23)25-17-34-12-9-28(25)38-13-10-22(32)11-14-38/h7-9,12,15-19,22-23,36,40H,2-6,10-11,13-14,32H2,1H3,(H2,33,37). The monoisotopic (exact) mass is 538 g/mol. The molecule has 0 atom stereocenters. The highest BCUT2D eigenvalue weighted by Gasteiger charge is 2.23. The number of phenols is 1. The van der Waals surface area contributed by atoms with E-state index in [9.17, 15) is 5.11 Å². The topological polar surface area (TPSA) is 130 Å². The number of amidine groups is 1. The number of nitrogens with one attached hydrogen (secondary N) is 1. The van der Waals surface area contributed by atoms with Crippen molar-refractivity contribution in [3.05, 3.63) is 66.2 Å². The zero-order valence-electron chi connectivity index (χ0n) is 23.1. The van der Waals surface area contributed by atoms with Crippen LogP contribution in [0.1, 0.15) is 56.6 Å². The van der Waals surface area contributed by atoms with Gasteiger partial charge < -0.3 is 26.8 Å². The predicted molar refractivity (Wildman–Crippen MR) is 162 cm³/mol. The first kappa shape index (κ1) is 26.1. The number of pyridine rings is 1. The van der Waals surface area contributed by atoms with E-state index < -0.39 is 0 Å². The summed E-state index contributed by atoms with van der Waals surface area (Å²) in [5, 5.41) is 18.5. The average Bonchev–Trinajstić information content (AvgIpc) is 3.65. The van der Waals surface area contributed by atoms with Crippen molar-refractivity contribution < 1.29 is 5.11 Å². The van der Waals surface area contributed by atoms with Gasteiger partial charge >= 0.3 is 0 Å². The Bertz CT molecular complexity index is 1530. The third kappa shape index (κ3) is 5.21. The van der Waals surface area contributed by atoms with Crippen molar-refractivity contribution in [3.63, 3.8) is 0 Å². The molecule has 0 amide bonds. The molecule has 1 aromatic carbocycles. The van der Waals surface area contributed by atoms with Crippen LogP contribution < -0.4 is 21.7 Å². The molecule has 9 nitrogen and oxygen atoms in total. The summed E-state index contributed by atoms with van der Waals surface area (Å²) in [6, 6.07) is 10.1. The van der Waals surface area contributed by atoms with Gasteiger partial charge in [0.1, 0.15) is 11.6 Å². The fourth-order valence-corrected chi connectivity index (χ4v) is 6.00. The highest BCUT2D eigenvalue weighted by atomic mass is 16.3. The number of hydrogen-bond acceptors (Lipinski definition) is 7. The van der Waals surface area contributed by atoms with E-state index in [0.717, 1.165) is 84.3 Å². The molecule has 2 aliphatic rings. The van der Waals surface area contributed by atoms with E-state index in [1.807, 2.05) is 29.9 Å². The summed E-state index contributed by atoms with van der Waals surface area (Å²) in [7, 11) is 0. The summed E-state index contributed by atoms with van der Waals surface area (Å²) in [5.41, 5.74) is 20.5. The molecular weight excluding hydrogens is 500 g/mol. The van der Waals surface area contributed by atoms with Crippen LogP contribution in [0.5, 0.6) is 5.75 Å². The van der Waals surface area contributed by atoms with Crippen molar-refractivity contribution in [2.24, 2.45) is 16.5 Å². The van der Waals surface area contributed by atoms with E-state index >= 15 is 0 Å². The smallest absolute Gasteiger partial charge is 0.135 e. The highest BCUT2D eigenvalue weighted by molar-refractivity contribution is 6.06. The largest absolute Gasteiger partial charge is 0.508 e. The van der Waals surface area contributed by atoms with Gasteiger partial charge in [-0.25, -0.2) is 9.51 Å². The number of hydrogen-bond donors (Lipinski definition) is 4. The van der Waals surface area contributed by atoms with Crippen molar-refractivity contribution in [2.75, 3.05) is 23.3 Å². The summed E-state index contributed by atoms with van der Waals surface area (Å²) in [6.45, 7) is 3.91. The maximum Gasteiger partial charge on any atom is 0.135 e. The normalized spacial score (nSPS) is 17.1. The fraction of sp³-hybridized carbons (Fsp3) is 0.387. The third-order valence-corrected chi connectivity index (χ3v) is 8.29. The van der Waals surface area contributed by atoms with E-state index in [1.54, 1.807) is 18.3 Å². The summed E-state index contributed by atoms with van der Waals surface area (Å²) < 4.78 is 1.92. The van der Waals surface area contributed by atoms with Crippen molar-refractivity contribution in [2.45, 2.75) is 64.0 Å². The lowest BCUT2D eigenvalue weighted by molar-refractivity contribution is 0.474. The molecule has 0 spiro atoms. The zero-order chi connectivity index (χ0) is 27.6. The van der Waals surface area contributed by atoms with Crippen molar-refractivity contribution in [1.29, 1.82) is 0 Å². The minimum absolute atomic E-state index is 0.226. The molecule has 6 N–H and O–H groups in total. The van der Waals surface area contributed by atoms with Crippen LogP contribution in [-0.2, 0) is 6.42 Å². The Morgan fingerprint density at radius 3 is 2.67 bits per heavy atom. The molecule has 0 radical (unpaired) electrons. The summed E-state index contributed by atoms with van der Waals surface area (Å²) in [5.74, 6) is 0.620. The molecule has 0 bridgehead atoms. The quantitative estimate of drug-likeness (QED) is 0.193. The molecule has 4 heterocycles. The molecule has 6 rings (SSSR count). The molecule has 2 fully saturated rings. The maximum atomic E-state index is 9.94. The molecule has 1 aliphatic heterocycles. The number of piperidine rings is 1. The Balaban J connectivity index is 1.44. The van der Waals surface area contributed by atoms with Crippen molar-refractivity contribution in [3.8, 4) is 16.9 Å². The predicted octanol–water partition coefficient (Wildman–Crippen LogP) is 4.98. The van der Waals surface area contributed by atoms with Crippen LogP contribution >= 0.6 is 0 Å². The van der Waals surface area contributed by atoms with Gasteiger partial charge in [-0.3, -0.25) is 4.98 Å². The number of benzene rings is 1. The molecular formula is C31H38N8O. The number of rotatable bonds is 7. The number of anilines is 2. The lowest BCUT2D eigenvalue weighted by atomic mass is 10.0. The molecule has 1 saturated carbocycles. The fourth-order valence-electron chi connectivity index (χ4n) is 6.00. The number of fused-ring (bicyclic) bond motifs is 1. The number of aliphatic imine (C=N–C) groups is 1. The number of phenolic OH excluding ortho intramolecular Hbond substituents is 1. The first-order valence-electron chi connectivity index (χ1n) is 14.4. The molecule has 0 unspecified atom stereocenters. The molecule has 1 aliphatic carbocycles. The number of nitrogens with two attached hydrogens (primary N) is 2. The third-order valence-electron chi connectivity index (χ3n) is 8.29. The Labute approximate surface area is 234 Å². The Hall–Kier alpha value is -4.11. The summed E-state index contributed by atoms with van der Waals surface area (Å²) >= 11 is 0. The van der Waals surface area contributed by atoms with Crippen LogP contribution in [0.15, 0.2) is 60.1 Å². The van der Waals surface area contributed by atoms with Crippen LogP contribution in [0.25, 0.3) is 16.6 Å². The van der Waals surface area contributed by atoms with Gasteiger partial charge in [-0.2, -0.15) is 5.10 Å². The molecule has 208 valence electrons.